The van der Waals surface area contributed by atoms with Gasteiger partial charge in [0.2, 0.25) is 5.95 Å². The van der Waals surface area contributed by atoms with Crippen molar-refractivity contribution >= 4 is 29.2 Å². The maximum absolute atomic E-state index is 9.60. The van der Waals surface area contributed by atoms with Gasteiger partial charge in [-0.15, -0.1) is 0 Å². The highest BCUT2D eigenvalue weighted by atomic mass is 16.3. The summed E-state index contributed by atoms with van der Waals surface area (Å²) in [4.78, 5) is 8.81. The van der Waals surface area contributed by atoms with Gasteiger partial charge >= 0.3 is 0 Å². The van der Waals surface area contributed by atoms with E-state index in [4.69, 9.17) is 10.5 Å². The van der Waals surface area contributed by atoms with Gasteiger partial charge in [-0.05, 0) is 73.0 Å². The minimum absolute atomic E-state index is 0.227. The Morgan fingerprint density at radius 2 is 1.70 bits per heavy atom. The van der Waals surface area contributed by atoms with Gasteiger partial charge in [-0.25, -0.2) is 4.98 Å². The predicted octanol–water partition coefficient (Wildman–Crippen LogP) is 4.48. The fraction of sp³-hybridized carbons (Fsp3) is 0.130. The van der Waals surface area contributed by atoms with Gasteiger partial charge in [0.1, 0.15) is 5.82 Å². The average molecular weight is 396 g/mol. The fourth-order valence-corrected chi connectivity index (χ4v) is 3.01. The highest BCUT2D eigenvalue weighted by molar-refractivity contribution is 5.69. The van der Waals surface area contributed by atoms with Crippen LogP contribution in [0, 0.1) is 36.5 Å². The molecule has 0 atom stereocenters. The van der Waals surface area contributed by atoms with Crippen molar-refractivity contribution in [3.63, 3.8) is 0 Å². The van der Waals surface area contributed by atoms with Crippen LogP contribution in [0.5, 0.6) is 0 Å². The molecule has 0 aliphatic rings. The van der Waals surface area contributed by atoms with Gasteiger partial charge in [-0.1, -0.05) is 0 Å². The third-order valence-electron chi connectivity index (χ3n) is 4.37. The molecule has 3 aromatic rings. The number of hydrogen-bond donors (Lipinski definition) is 3. The predicted molar refractivity (Wildman–Crippen MR) is 116 cm³/mol. The number of anilines is 4. The first-order valence-corrected chi connectivity index (χ1v) is 9.23. The van der Waals surface area contributed by atoms with Crippen LogP contribution in [0.2, 0.25) is 0 Å². The van der Waals surface area contributed by atoms with Crippen LogP contribution in [0.25, 0.3) is 6.08 Å². The maximum Gasteiger partial charge on any atom is 0.229 e. The van der Waals surface area contributed by atoms with E-state index in [0.717, 1.165) is 28.1 Å². The summed E-state index contributed by atoms with van der Waals surface area (Å²) in [6.07, 6.45) is 3.21. The van der Waals surface area contributed by atoms with Crippen molar-refractivity contribution in [2.24, 2.45) is 0 Å². The molecule has 0 radical (unpaired) electrons. The quantitative estimate of drug-likeness (QED) is 0.526. The zero-order chi connectivity index (χ0) is 21.5. The number of nitrogens with one attached hydrogen (secondary N) is 2. The summed E-state index contributed by atoms with van der Waals surface area (Å²) in [5.41, 5.74) is 5.60. The molecule has 0 bridgehead atoms. The largest absolute Gasteiger partial charge is 0.390 e. The first kappa shape index (κ1) is 20.5. The summed E-state index contributed by atoms with van der Waals surface area (Å²) < 4.78 is 0. The molecule has 0 saturated carbocycles. The van der Waals surface area contributed by atoms with E-state index in [0.29, 0.717) is 23.0 Å². The highest BCUT2D eigenvalue weighted by Gasteiger charge is 2.09. The summed E-state index contributed by atoms with van der Waals surface area (Å²) >= 11 is 0. The molecule has 0 fully saturated rings. The SMILES string of the molecule is Cc1cc(C=CC#N)cc(C)c1Nc1cc(CO)nc(Nc2ccc(C#N)cc2)n1. The third-order valence-corrected chi connectivity index (χ3v) is 4.37. The van der Waals surface area contributed by atoms with E-state index in [1.165, 1.54) is 6.08 Å². The Balaban J connectivity index is 1.89. The molecule has 1 heterocycles. The molecule has 0 aliphatic heterocycles. The van der Waals surface area contributed by atoms with Gasteiger partial charge in [0.25, 0.3) is 0 Å². The standard InChI is InChI=1S/C23H20N6O/c1-15-10-18(4-3-9-24)11-16(2)22(15)28-21-12-20(14-30)27-23(29-21)26-19-7-5-17(13-25)6-8-19/h3-8,10-12,30H,14H2,1-2H3,(H2,26,27,28,29). The van der Waals surface area contributed by atoms with Crippen LogP contribution in [0.4, 0.5) is 23.1 Å². The van der Waals surface area contributed by atoms with Crippen LogP contribution in [-0.2, 0) is 6.61 Å². The van der Waals surface area contributed by atoms with Crippen LogP contribution in [0.15, 0.2) is 48.5 Å². The molecule has 2 aromatic carbocycles. The number of allylic oxidation sites excluding steroid dienone is 1. The van der Waals surface area contributed by atoms with Gasteiger partial charge in [-0.3, -0.25) is 0 Å². The number of nitriles is 2. The first-order chi connectivity index (χ1) is 14.5. The van der Waals surface area contributed by atoms with Crippen LogP contribution < -0.4 is 10.6 Å². The van der Waals surface area contributed by atoms with Gasteiger partial charge in [0.05, 0.1) is 30.0 Å². The van der Waals surface area contributed by atoms with Crippen LogP contribution >= 0.6 is 0 Å². The van der Waals surface area contributed by atoms with Crippen molar-refractivity contribution < 1.29 is 5.11 Å². The Hall–Kier alpha value is -4.20. The number of nitrogens with zero attached hydrogens (tertiary/aromatic N) is 4. The molecule has 0 aliphatic carbocycles. The lowest BCUT2D eigenvalue weighted by molar-refractivity contribution is 0.277. The van der Waals surface area contributed by atoms with E-state index >= 15 is 0 Å². The van der Waals surface area contributed by atoms with E-state index < -0.39 is 0 Å². The topological polar surface area (TPSA) is 118 Å². The molecule has 0 amide bonds. The van der Waals surface area contributed by atoms with Crippen molar-refractivity contribution in [2.75, 3.05) is 10.6 Å². The Kier molecular flexibility index (Phi) is 6.39. The summed E-state index contributed by atoms with van der Waals surface area (Å²) in [7, 11) is 0. The number of rotatable bonds is 6. The van der Waals surface area contributed by atoms with Crippen molar-refractivity contribution in [3.8, 4) is 12.1 Å². The Morgan fingerprint density at radius 1 is 1.00 bits per heavy atom. The second kappa shape index (κ2) is 9.33. The fourth-order valence-electron chi connectivity index (χ4n) is 3.01. The normalized spacial score (nSPS) is 10.4. The van der Waals surface area contributed by atoms with Gasteiger partial charge in [0.15, 0.2) is 0 Å². The highest BCUT2D eigenvalue weighted by Crippen LogP contribution is 2.27. The molecule has 7 nitrogen and oxygen atoms in total. The number of aliphatic hydroxyl groups excluding tert-OH is 1. The van der Waals surface area contributed by atoms with Crippen molar-refractivity contribution in [3.05, 3.63) is 76.5 Å². The molecule has 3 rings (SSSR count). The summed E-state index contributed by atoms with van der Waals surface area (Å²) in [6.45, 7) is 3.72. The van der Waals surface area contributed by atoms with Crippen molar-refractivity contribution in [1.29, 1.82) is 10.5 Å². The molecular formula is C23H20N6O. The number of hydrogen-bond acceptors (Lipinski definition) is 7. The molecule has 1 aromatic heterocycles. The van der Waals surface area contributed by atoms with Crippen LogP contribution in [-0.4, -0.2) is 15.1 Å². The second-order valence-corrected chi connectivity index (χ2v) is 6.66. The zero-order valence-corrected chi connectivity index (χ0v) is 16.6. The van der Waals surface area contributed by atoms with E-state index in [1.54, 1.807) is 36.4 Å². The molecular weight excluding hydrogens is 376 g/mol. The number of aryl methyl sites for hydroxylation is 2. The smallest absolute Gasteiger partial charge is 0.229 e. The monoisotopic (exact) mass is 396 g/mol. The van der Waals surface area contributed by atoms with Crippen LogP contribution in [0.3, 0.4) is 0 Å². The minimum Gasteiger partial charge on any atom is -0.390 e. The lowest BCUT2D eigenvalue weighted by atomic mass is 10.0. The van der Waals surface area contributed by atoms with E-state index in [9.17, 15) is 5.11 Å². The number of benzene rings is 2. The number of aromatic nitrogens is 2. The first-order valence-electron chi connectivity index (χ1n) is 9.23. The summed E-state index contributed by atoms with van der Waals surface area (Å²) in [5, 5.41) is 33.6. The van der Waals surface area contributed by atoms with Gasteiger partial charge in [-0.2, -0.15) is 15.5 Å². The van der Waals surface area contributed by atoms with Crippen molar-refractivity contribution in [1.82, 2.24) is 9.97 Å². The second-order valence-electron chi connectivity index (χ2n) is 6.66. The molecule has 3 N–H and O–H groups in total. The molecule has 0 spiro atoms. The molecule has 0 unspecified atom stereocenters. The van der Waals surface area contributed by atoms with Crippen molar-refractivity contribution in [2.45, 2.75) is 20.5 Å². The molecule has 0 saturated heterocycles. The lowest BCUT2D eigenvalue weighted by Gasteiger charge is -2.15. The molecule has 148 valence electrons. The summed E-state index contributed by atoms with van der Waals surface area (Å²) in [5.74, 6) is 0.870. The Morgan fingerprint density at radius 3 is 2.30 bits per heavy atom. The van der Waals surface area contributed by atoms with E-state index in [1.807, 2.05) is 32.0 Å². The Labute approximate surface area is 175 Å². The molecule has 7 heteroatoms. The minimum atomic E-state index is -0.227. The van der Waals surface area contributed by atoms with E-state index in [-0.39, 0.29) is 6.61 Å². The third kappa shape index (κ3) is 4.99. The van der Waals surface area contributed by atoms with Gasteiger partial charge < -0.3 is 15.7 Å². The average Bonchev–Trinajstić information content (AvgIpc) is 2.75. The summed E-state index contributed by atoms with van der Waals surface area (Å²) in [6, 6.07) is 16.7. The number of aliphatic hydroxyl groups is 1. The molecule has 30 heavy (non-hydrogen) atoms. The van der Waals surface area contributed by atoms with E-state index in [2.05, 4.69) is 26.7 Å². The maximum atomic E-state index is 9.60. The van der Waals surface area contributed by atoms with Gasteiger partial charge in [0, 0.05) is 23.5 Å². The zero-order valence-electron chi connectivity index (χ0n) is 16.6. The lowest BCUT2D eigenvalue weighted by Crippen LogP contribution is -2.05. The Bertz CT molecular complexity index is 1150. The van der Waals surface area contributed by atoms with Crippen LogP contribution in [0.1, 0.15) is 27.9 Å².